The lowest BCUT2D eigenvalue weighted by atomic mass is 9.96. The van der Waals surface area contributed by atoms with E-state index in [4.69, 9.17) is 17.4 Å². The molecule has 7 heteroatoms. The Hall–Kier alpha value is -0.690. The molecule has 0 aliphatic carbocycles. The molecule has 108 valence electrons. The van der Waals surface area contributed by atoms with Gasteiger partial charge in [-0.25, -0.2) is 12.8 Å². The van der Waals surface area contributed by atoms with E-state index in [9.17, 15) is 12.8 Å². The monoisotopic (exact) mass is 308 g/mol. The van der Waals surface area contributed by atoms with E-state index in [1.807, 2.05) is 0 Å². The van der Waals surface area contributed by atoms with Gasteiger partial charge in [-0.3, -0.25) is 11.3 Å². The minimum absolute atomic E-state index is 0.0854. The zero-order valence-corrected chi connectivity index (χ0v) is 12.6. The van der Waals surface area contributed by atoms with Crippen molar-refractivity contribution in [3.05, 3.63) is 34.6 Å². The highest BCUT2D eigenvalue weighted by atomic mass is 35.5. The lowest BCUT2D eigenvalue weighted by molar-refractivity contribution is 0.408. The van der Waals surface area contributed by atoms with Crippen molar-refractivity contribution in [2.24, 2.45) is 5.84 Å². The molecule has 1 atom stereocenters. The minimum atomic E-state index is -3.37. The van der Waals surface area contributed by atoms with Gasteiger partial charge < -0.3 is 0 Å². The first-order chi connectivity index (χ1) is 8.61. The van der Waals surface area contributed by atoms with Gasteiger partial charge in [-0.15, -0.1) is 0 Å². The maximum Gasteiger partial charge on any atom is 0.154 e. The highest BCUT2D eigenvalue weighted by molar-refractivity contribution is 7.92. The maximum atomic E-state index is 13.7. The van der Waals surface area contributed by atoms with Crippen molar-refractivity contribution in [2.75, 3.05) is 6.26 Å². The SMILES string of the molecule is CC(C)(C(Cc1c(F)cccc1Cl)NN)S(C)(=O)=O. The van der Waals surface area contributed by atoms with Gasteiger partial charge in [0.1, 0.15) is 5.82 Å². The van der Waals surface area contributed by atoms with E-state index in [1.165, 1.54) is 12.1 Å². The van der Waals surface area contributed by atoms with Gasteiger partial charge in [0.2, 0.25) is 0 Å². The van der Waals surface area contributed by atoms with E-state index in [1.54, 1.807) is 19.9 Å². The molecule has 0 aliphatic heterocycles. The molecule has 0 bridgehead atoms. The van der Waals surface area contributed by atoms with E-state index < -0.39 is 26.4 Å². The average Bonchev–Trinajstić information content (AvgIpc) is 2.26. The Bertz CT molecular complexity index is 541. The van der Waals surface area contributed by atoms with Gasteiger partial charge in [-0.05, 0) is 32.4 Å². The molecule has 0 radical (unpaired) electrons. The highest BCUT2D eigenvalue weighted by Crippen LogP contribution is 2.27. The summed E-state index contributed by atoms with van der Waals surface area (Å²) in [6.45, 7) is 3.09. The summed E-state index contributed by atoms with van der Waals surface area (Å²) in [5.41, 5.74) is 2.70. The van der Waals surface area contributed by atoms with E-state index in [-0.39, 0.29) is 17.0 Å². The predicted octanol–water partition coefficient (Wildman–Crippen LogP) is 1.68. The maximum absolute atomic E-state index is 13.7. The molecule has 0 aromatic heterocycles. The van der Waals surface area contributed by atoms with Crippen LogP contribution in [0.25, 0.3) is 0 Å². The zero-order valence-electron chi connectivity index (χ0n) is 11.1. The first kappa shape index (κ1) is 16.4. The van der Waals surface area contributed by atoms with Gasteiger partial charge in [-0.2, -0.15) is 0 Å². The molecule has 0 aliphatic rings. The summed E-state index contributed by atoms with van der Waals surface area (Å²) < 4.78 is 36.2. The molecule has 3 N–H and O–H groups in total. The molecule has 1 rings (SSSR count). The molecule has 0 spiro atoms. The van der Waals surface area contributed by atoms with Crippen molar-refractivity contribution in [1.82, 2.24) is 5.43 Å². The Morgan fingerprint density at radius 2 is 2.05 bits per heavy atom. The fourth-order valence-electron chi connectivity index (χ4n) is 1.70. The van der Waals surface area contributed by atoms with Crippen LogP contribution in [0.4, 0.5) is 4.39 Å². The van der Waals surface area contributed by atoms with Crippen molar-refractivity contribution in [3.63, 3.8) is 0 Å². The minimum Gasteiger partial charge on any atom is -0.271 e. The number of benzene rings is 1. The van der Waals surface area contributed by atoms with E-state index >= 15 is 0 Å². The fraction of sp³-hybridized carbons (Fsp3) is 0.500. The summed E-state index contributed by atoms with van der Waals surface area (Å²) in [6.07, 6.45) is 1.21. The number of hydrogen-bond donors (Lipinski definition) is 2. The summed E-state index contributed by atoms with van der Waals surface area (Å²) in [6, 6.07) is 3.67. The molecule has 0 saturated heterocycles. The molecular weight excluding hydrogens is 291 g/mol. The summed E-state index contributed by atoms with van der Waals surface area (Å²) >= 11 is 5.94. The Morgan fingerprint density at radius 3 is 2.47 bits per heavy atom. The predicted molar refractivity (Wildman–Crippen MR) is 75.1 cm³/mol. The Kier molecular flexibility index (Phi) is 4.95. The summed E-state index contributed by atoms with van der Waals surface area (Å²) in [7, 11) is -3.37. The first-order valence-electron chi connectivity index (χ1n) is 5.70. The second kappa shape index (κ2) is 5.75. The van der Waals surface area contributed by atoms with Gasteiger partial charge in [0.15, 0.2) is 9.84 Å². The van der Waals surface area contributed by atoms with Crippen LogP contribution in [0.3, 0.4) is 0 Å². The fourth-order valence-corrected chi connectivity index (χ4v) is 2.60. The number of nitrogens with two attached hydrogens (primary N) is 1. The number of nitrogens with one attached hydrogen (secondary N) is 1. The largest absolute Gasteiger partial charge is 0.271 e. The Balaban J connectivity index is 3.15. The summed E-state index contributed by atoms with van der Waals surface area (Å²) in [5, 5.41) is 0.254. The molecule has 1 aromatic carbocycles. The number of hydrogen-bond acceptors (Lipinski definition) is 4. The average molecular weight is 309 g/mol. The van der Waals surface area contributed by atoms with Crippen molar-refractivity contribution in [3.8, 4) is 0 Å². The van der Waals surface area contributed by atoms with Gasteiger partial charge in [0.05, 0.1) is 4.75 Å². The second-order valence-electron chi connectivity index (χ2n) is 5.00. The zero-order chi connectivity index (χ0) is 14.8. The van der Waals surface area contributed by atoms with Gasteiger partial charge in [0.25, 0.3) is 0 Å². The normalized spacial score (nSPS) is 14.4. The van der Waals surface area contributed by atoms with Gasteiger partial charge >= 0.3 is 0 Å². The lowest BCUT2D eigenvalue weighted by Crippen LogP contribution is -2.55. The highest BCUT2D eigenvalue weighted by Gasteiger charge is 2.39. The second-order valence-corrected chi connectivity index (χ2v) is 8.00. The molecule has 19 heavy (non-hydrogen) atoms. The van der Waals surface area contributed by atoms with Gasteiger partial charge in [-0.1, -0.05) is 17.7 Å². The van der Waals surface area contributed by atoms with Crippen LogP contribution in [0.1, 0.15) is 19.4 Å². The molecule has 0 amide bonds. The lowest BCUT2D eigenvalue weighted by Gasteiger charge is -2.32. The molecule has 4 nitrogen and oxygen atoms in total. The summed E-state index contributed by atoms with van der Waals surface area (Å²) in [5.74, 6) is 4.95. The van der Waals surface area contributed by atoms with Crippen LogP contribution in [0.5, 0.6) is 0 Å². The van der Waals surface area contributed by atoms with Crippen molar-refractivity contribution < 1.29 is 12.8 Å². The number of halogens is 2. The van der Waals surface area contributed by atoms with E-state index in [0.717, 1.165) is 6.26 Å². The van der Waals surface area contributed by atoms with Crippen LogP contribution >= 0.6 is 11.6 Å². The third-order valence-electron chi connectivity index (χ3n) is 3.47. The van der Waals surface area contributed by atoms with Crippen LogP contribution in [0.2, 0.25) is 5.02 Å². The van der Waals surface area contributed by atoms with Crippen molar-refractivity contribution >= 4 is 21.4 Å². The van der Waals surface area contributed by atoms with E-state index in [0.29, 0.717) is 0 Å². The molecule has 0 heterocycles. The number of hydrazine groups is 1. The topological polar surface area (TPSA) is 72.2 Å². The molecule has 1 aromatic rings. The first-order valence-corrected chi connectivity index (χ1v) is 7.96. The smallest absolute Gasteiger partial charge is 0.154 e. The number of sulfone groups is 1. The van der Waals surface area contributed by atoms with Gasteiger partial charge in [0, 0.05) is 22.9 Å². The standard InChI is InChI=1S/C12H18ClFN2O2S/c1-12(2,19(3,17)18)11(16-15)7-8-9(13)5-4-6-10(8)14/h4-6,11,16H,7,15H2,1-3H3. The van der Waals surface area contributed by atoms with E-state index in [2.05, 4.69) is 5.43 Å². The molecule has 0 saturated carbocycles. The van der Waals surface area contributed by atoms with Crippen LogP contribution in [-0.2, 0) is 16.3 Å². The molecular formula is C12H18ClFN2O2S. The van der Waals surface area contributed by atoms with Crippen molar-refractivity contribution in [1.29, 1.82) is 0 Å². The Morgan fingerprint density at radius 1 is 1.47 bits per heavy atom. The quantitative estimate of drug-likeness (QED) is 0.641. The third-order valence-corrected chi connectivity index (χ3v) is 6.02. The summed E-state index contributed by atoms with van der Waals surface area (Å²) in [4.78, 5) is 0. The molecule has 0 fully saturated rings. The third kappa shape index (κ3) is 3.45. The van der Waals surface area contributed by atoms with Crippen LogP contribution in [0.15, 0.2) is 18.2 Å². The van der Waals surface area contributed by atoms with Crippen molar-refractivity contribution in [2.45, 2.75) is 31.1 Å². The number of rotatable bonds is 5. The van der Waals surface area contributed by atoms with Crippen LogP contribution in [-0.4, -0.2) is 25.5 Å². The Labute approximate surface area is 118 Å². The van der Waals surface area contributed by atoms with Crippen LogP contribution < -0.4 is 11.3 Å². The van der Waals surface area contributed by atoms with Crippen LogP contribution in [0, 0.1) is 5.82 Å². The molecule has 1 unspecified atom stereocenters.